The zero-order chi connectivity index (χ0) is 15.4. The second-order valence-corrected chi connectivity index (χ2v) is 6.71. The van der Waals surface area contributed by atoms with Gasteiger partial charge in [0, 0.05) is 63.1 Å². The minimum atomic E-state index is 0.811. The summed E-state index contributed by atoms with van der Waals surface area (Å²) >= 11 is 0. The van der Waals surface area contributed by atoms with E-state index in [-0.39, 0.29) is 0 Å². The van der Waals surface area contributed by atoms with Gasteiger partial charge in [-0.1, -0.05) is 6.92 Å². The van der Waals surface area contributed by atoms with Crippen LogP contribution in [0.5, 0.6) is 0 Å². The molecule has 1 aromatic heterocycles. The van der Waals surface area contributed by atoms with E-state index in [1.165, 1.54) is 57.7 Å². The van der Waals surface area contributed by atoms with Crippen LogP contribution >= 0.6 is 0 Å². The van der Waals surface area contributed by atoms with E-state index in [0.717, 1.165) is 24.8 Å². The molecule has 122 valence electrons. The number of nitrogens with zero attached hydrogens (tertiary/aromatic N) is 5. The number of hydrogen-bond acceptors (Lipinski definition) is 5. The molecule has 2 fully saturated rings. The van der Waals surface area contributed by atoms with Crippen molar-refractivity contribution in [2.24, 2.45) is 0 Å². The Labute approximate surface area is 134 Å². The van der Waals surface area contributed by atoms with E-state index in [4.69, 9.17) is 0 Å². The Morgan fingerprint density at radius 3 is 2.23 bits per heavy atom. The molecule has 3 rings (SSSR count). The lowest BCUT2D eigenvalue weighted by Crippen LogP contribution is -2.52. The quantitative estimate of drug-likeness (QED) is 0.836. The molecule has 2 saturated heterocycles. The second kappa shape index (κ2) is 7.49. The van der Waals surface area contributed by atoms with Crippen LogP contribution in [0.2, 0.25) is 0 Å². The summed E-state index contributed by atoms with van der Waals surface area (Å²) in [6.45, 7) is 10.4. The maximum absolute atomic E-state index is 4.41. The van der Waals surface area contributed by atoms with Crippen LogP contribution < -0.4 is 0 Å². The highest BCUT2D eigenvalue weighted by molar-refractivity contribution is 5.05. The van der Waals surface area contributed by atoms with Crippen molar-refractivity contribution in [2.45, 2.75) is 38.8 Å². The van der Waals surface area contributed by atoms with Gasteiger partial charge in [0.2, 0.25) is 0 Å². The minimum Gasteiger partial charge on any atom is -0.306 e. The lowest BCUT2D eigenvalue weighted by Gasteiger charge is -2.42. The number of rotatable bonds is 4. The number of piperazine rings is 1. The SMILES string of the molecule is CCc1ncc(CN2CCN(C3CCN(C)CC3)CC2)cn1. The topological polar surface area (TPSA) is 35.5 Å². The highest BCUT2D eigenvalue weighted by Gasteiger charge is 2.26. The fraction of sp³-hybridized carbons (Fsp3) is 0.765. The third kappa shape index (κ3) is 4.03. The van der Waals surface area contributed by atoms with Gasteiger partial charge in [0.25, 0.3) is 0 Å². The lowest BCUT2D eigenvalue weighted by atomic mass is 10.0. The van der Waals surface area contributed by atoms with Crippen LogP contribution in [0.25, 0.3) is 0 Å². The molecule has 0 amide bonds. The molecule has 0 bridgehead atoms. The van der Waals surface area contributed by atoms with E-state index in [9.17, 15) is 0 Å². The van der Waals surface area contributed by atoms with Crippen molar-refractivity contribution in [3.63, 3.8) is 0 Å². The fourth-order valence-electron chi connectivity index (χ4n) is 3.55. The molecule has 0 N–H and O–H groups in total. The first-order chi connectivity index (χ1) is 10.7. The number of hydrogen-bond donors (Lipinski definition) is 0. The molecule has 0 aliphatic carbocycles. The van der Waals surface area contributed by atoms with Crippen LogP contribution in [-0.4, -0.2) is 77.0 Å². The molecule has 1 aromatic rings. The molecule has 2 aliphatic heterocycles. The summed E-state index contributed by atoms with van der Waals surface area (Å²) in [5, 5.41) is 0. The molecule has 0 atom stereocenters. The minimum absolute atomic E-state index is 0.811. The molecule has 3 heterocycles. The Kier molecular flexibility index (Phi) is 5.39. The Bertz CT molecular complexity index is 445. The first-order valence-electron chi connectivity index (χ1n) is 8.69. The molecule has 0 spiro atoms. The number of aryl methyl sites for hydroxylation is 1. The fourth-order valence-corrected chi connectivity index (χ4v) is 3.55. The molecule has 0 saturated carbocycles. The smallest absolute Gasteiger partial charge is 0.127 e. The van der Waals surface area contributed by atoms with Crippen LogP contribution in [0.3, 0.4) is 0 Å². The molecule has 22 heavy (non-hydrogen) atoms. The van der Waals surface area contributed by atoms with Crippen LogP contribution in [0.1, 0.15) is 31.2 Å². The van der Waals surface area contributed by atoms with Gasteiger partial charge in [0.05, 0.1) is 0 Å². The zero-order valence-corrected chi connectivity index (χ0v) is 14.0. The number of likely N-dealkylation sites (tertiary alicyclic amines) is 1. The summed E-state index contributed by atoms with van der Waals surface area (Å²) in [5.74, 6) is 0.941. The van der Waals surface area contributed by atoms with Gasteiger partial charge in [-0.15, -0.1) is 0 Å². The van der Waals surface area contributed by atoms with Crippen LogP contribution in [0.15, 0.2) is 12.4 Å². The molecule has 0 aromatic carbocycles. The molecule has 5 heteroatoms. The van der Waals surface area contributed by atoms with Gasteiger partial charge in [-0.2, -0.15) is 0 Å². The number of aromatic nitrogens is 2. The molecule has 0 radical (unpaired) electrons. The summed E-state index contributed by atoms with van der Waals surface area (Å²) in [6, 6.07) is 0.811. The van der Waals surface area contributed by atoms with Crippen molar-refractivity contribution >= 4 is 0 Å². The predicted octanol–water partition coefficient (Wildman–Crippen LogP) is 1.25. The number of piperidine rings is 1. The maximum atomic E-state index is 4.41. The van der Waals surface area contributed by atoms with Crippen molar-refractivity contribution in [3.05, 3.63) is 23.8 Å². The largest absolute Gasteiger partial charge is 0.306 e. The van der Waals surface area contributed by atoms with E-state index in [0.29, 0.717) is 0 Å². The Hall–Kier alpha value is -1.04. The monoisotopic (exact) mass is 303 g/mol. The normalized spacial score (nSPS) is 23.0. The van der Waals surface area contributed by atoms with E-state index >= 15 is 0 Å². The molecular formula is C17H29N5. The van der Waals surface area contributed by atoms with Gasteiger partial charge in [0.1, 0.15) is 5.82 Å². The first-order valence-corrected chi connectivity index (χ1v) is 8.69. The average molecular weight is 303 g/mol. The van der Waals surface area contributed by atoms with Crippen molar-refractivity contribution in [2.75, 3.05) is 46.3 Å². The van der Waals surface area contributed by atoms with E-state index in [1.807, 2.05) is 12.4 Å². The zero-order valence-electron chi connectivity index (χ0n) is 14.0. The van der Waals surface area contributed by atoms with Crippen molar-refractivity contribution in [1.29, 1.82) is 0 Å². The van der Waals surface area contributed by atoms with Gasteiger partial charge >= 0.3 is 0 Å². The Balaban J connectivity index is 1.45. The van der Waals surface area contributed by atoms with Gasteiger partial charge < -0.3 is 4.90 Å². The summed E-state index contributed by atoms with van der Waals surface area (Å²) in [4.78, 5) is 16.5. The van der Waals surface area contributed by atoms with Crippen molar-refractivity contribution in [1.82, 2.24) is 24.7 Å². The van der Waals surface area contributed by atoms with Gasteiger partial charge in [-0.3, -0.25) is 9.80 Å². The Morgan fingerprint density at radius 2 is 1.64 bits per heavy atom. The lowest BCUT2D eigenvalue weighted by molar-refractivity contribution is 0.0617. The summed E-state index contributed by atoms with van der Waals surface area (Å²) in [7, 11) is 2.24. The van der Waals surface area contributed by atoms with Crippen LogP contribution in [0, 0.1) is 0 Å². The maximum Gasteiger partial charge on any atom is 0.127 e. The standard InChI is InChI=1S/C17H29N5/c1-3-17-18-12-15(13-19-17)14-21-8-10-22(11-9-21)16-4-6-20(2)7-5-16/h12-13,16H,3-11,14H2,1-2H3. The van der Waals surface area contributed by atoms with E-state index in [2.05, 4.69) is 38.6 Å². The molecule has 5 nitrogen and oxygen atoms in total. The Morgan fingerprint density at radius 1 is 1.00 bits per heavy atom. The first kappa shape index (κ1) is 15.8. The molecule has 0 unspecified atom stereocenters. The van der Waals surface area contributed by atoms with Crippen LogP contribution in [-0.2, 0) is 13.0 Å². The summed E-state index contributed by atoms with van der Waals surface area (Å²) in [5.41, 5.74) is 1.24. The molecule has 2 aliphatic rings. The third-order valence-electron chi connectivity index (χ3n) is 5.09. The van der Waals surface area contributed by atoms with Crippen molar-refractivity contribution in [3.8, 4) is 0 Å². The average Bonchev–Trinajstić information content (AvgIpc) is 2.57. The van der Waals surface area contributed by atoms with E-state index < -0.39 is 0 Å². The predicted molar refractivity (Wildman–Crippen MR) is 88.8 cm³/mol. The van der Waals surface area contributed by atoms with Gasteiger partial charge in [0.15, 0.2) is 0 Å². The van der Waals surface area contributed by atoms with Crippen molar-refractivity contribution < 1.29 is 0 Å². The highest BCUT2D eigenvalue weighted by atomic mass is 15.3. The van der Waals surface area contributed by atoms with Crippen LogP contribution in [0.4, 0.5) is 0 Å². The molecular weight excluding hydrogens is 274 g/mol. The van der Waals surface area contributed by atoms with E-state index in [1.54, 1.807) is 0 Å². The highest BCUT2D eigenvalue weighted by Crippen LogP contribution is 2.18. The van der Waals surface area contributed by atoms with Gasteiger partial charge in [-0.05, 0) is 33.0 Å². The second-order valence-electron chi connectivity index (χ2n) is 6.71. The third-order valence-corrected chi connectivity index (χ3v) is 5.09. The summed E-state index contributed by atoms with van der Waals surface area (Å²) < 4.78 is 0. The van der Waals surface area contributed by atoms with Gasteiger partial charge in [-0.25, -0.2) is 9.97 Å². The summed E-state index contributed by atoms with van der Waals surface area (Å²) in [6.07, 6.45) is 7.57.